The van der Waals surface area contributed by atoms with Gasteiger partial charge in [0.15, 0.2) is 0 Å². The summed E-state index contributed by atoms with van der Waals surface area (Å²) in [6, 6.07) is 6.56. The van der Waals surface area contributed by atoms with Crippen molar-refractivity contribution in [1.82, 2.24) is 0 Å². The topological polar surface area (TPSA) is 29.3 Å². The number of nitrogens with two attached hydrogens (primary N) is 1. The highest BCUT2D eigenvalue weighted by molar-refractivity contribution is 9.10. The summed E-state index contributed by atoms with van der Waals surface area (Å²) in [6.07, 6.45) is 4.97. The smallest absolute Gasteiger partial charge is 0.0400 e. The Balaban J connectivity index is 2.23. The molecule has 2 N–H and O–H groups in total. The van der Waals surface area contributed by atoms with Gasteiger partial charge < -0.3 is 10.6 Å². The molecule has 88 valence electrons. The van der Waals surface area contributed by atoms with Crippen molar-refractivity contribution in [3.05, 3.63) is 28.2 Å². The van der Waals surface area contributed by atoms with Crippen LogP contribution in [-0.2, 0) is 6.42 Å². The monoisotopic (exact) mass is 282 g/mol. The Labute approximate surface area is 106 Å². The van der Waals surface area contributed by atoms with Gasteiger partial charge in [0.2, 0.25) is 0 Å². The lowest BCUT2D eigenvalue weighted by Gasteiger charge is -2.30. The summed E-state index contributed by atoms with van der Waals surface area (Å²) in [5.74, 6) is 0. The first-order valence-electron chi connectivity index (χ1n) is 6.04. The molecule has 1 aliphatic rings. The molecule has 1 saturated heterocycles. The van der Waals surface area contributed by atoms with Crippen molar-refractivity contribution in [2.45, 2.75) is 25.7 Å². The molecule has 0 unspecified atom stereocenters. The predicted octanol–water partition coefficient (Wildman–Crippen LogP) is 2.94. The SMILES string of the molecule is NCCc1cc(Br)ccc1N1CCCCC1. The third-order valence-electron chi connectivity index (χ3n) is 3.15. The molecule has 0 bridgehead atoms. The minimum atomic E-state index is 0.720. The van der Waals surface area contributed by atoms with Gasteiger partial charge in [-0.05, 0) is 56.0 Å². The van der Waals surface area contributed by atoms with E-state index >= 15 is 0 Å². The highest BCUT2D eigenvalue weighted by atomic mass is 79.9. The number of hydrogen-bond acceptors (Lipinski definition) is 2. The Morgan fingerprint density at radius 1 is 1.19 bits per heavy atom. The van der Waals surface area contributed by atoms with Gasteiger partial charge in [-0.2, -0.15) is 0 Å². The fourth-order valence-corrected chi connectivity index (χ4v) is 2.76. The van der Waals surface area contributed by atoms with Crippen LogP contribution in [0.5, 0.6) is 0 Å². The maximum atomic E-state index is 5.68. The molecule has 1 aliphatic heterocycles. The number of benzene rings is 1. The summed E-state index contributed by atoms with van der Waals surface area (Å²) in [5, 5.41) is 0. The molecular formula is C13H19BrN2. The van der Waals surface area contributed by atoms with Crippen LogP contribution in [0.2, 0.25) is 0 Å². The fraction of sp³-hybridized carbons (Fsp3) is 0.538. The van der Waals surface area contributed by atoms with E-state index in [9.17, 15) is 0 Å². The van der Waals surface area contributed by atoms with Crippen LogP contribution in [0, 0.1) is 0 Å². The molecular weight excluding hydrogens is 264 g/mol. The molecule has 0 radical (unpaired) electrons. The zero-order valence-corrected chi connectivity index (χ0v) is 11.2. The molecule has 1 aromatic rings. The van der Waals surface area contributed by atoms with E-state index in [1.54, 1.807) is 0 Å². The number of hydrogen-bond donors (Lipinski definition) is 1. The zero-order valence-electron chi connectivity index (χ0n) is 9.58. The zero-order chi connectivity index (χ0) is 11.4. The lowest BCUT2D eigenvalue weighted by atomic mass is 10.1. The minimum Gasteiger partial charge on any atom is -0.371 e. The van der Waals surface area contributed by atoms with E-state index in [0.717, 1.165) is 17.4 Å². The van der Waals surface area contributed by atoms with Crippen LogP contribution in [0.15, 0.2) is 22.7 Å². The quantitative estimate of drug-likeness (QED) is 0.924. The average Bonchev–Trinajstić information content (AvgIpc) is 2.31. The molecule has 2 rings (SSSR count). The van der Waals surface area contributed by atoms with Gasteiger partial charge in [0.1, 0.15) is 0 Å². The van der Waals surface area contributed by atoms with E-state index in [1.165, 1.54) is 43.6 Å². The van der Waals surface area contributed by atoms with Crippen LogP contribution in [0.4, 0.5) is 5.69 Å². The first kappa shape index (κ1) is 11.9. The number of rotatable bonds is 3. The van der Waals surface area contributed by atoms with Crippen molar-refractivity contribution < 1.29 is 0 Å². The van der Waals surface area contributed by atoms with Crippen LogP contribution >= 0.6 is 15.9 Å². The number of anilines is 1. The molecule has 0 atom stereocenters. The molecule has 2 nitrogen and oxygen atoms in total. The second kappa shape index (κ2) is 5.69. The van der Waals surface area contributed by atoms with Gasteiger partial charge in [0.05, 0.1) is 0 Å². The van der Waals surface area contributed by atoms with Gasteiger partial charge in [-0.25, -0.2) is 0 Å². The van der Waals surface area contributed by atoms with Crippen molar-refractivity contribution in [2.75, 3.05) is 24.5 Å². The van der Waals surface area contributed by atoms with Crippen LogP contribution in [-0.4, -0.2) is 19.6 Å². The van der Waals surface area contributed by atoms with Crippen molar-refractivity contribution in [3.63, 3.8) is 0 Å². The molecule has 0 saturated carbocycles. The van der Waals surface area contributed by atoms with Gasteiger partial charge in [-0.3, -0.25) is 0 Å². The Hall–Kier alpha value is -0.540. The maximum absolute atomic E-state index is 5.68. The van der Waals surface area contributed by atoms with Crippen molar-refractivity contribution >= 4 is 21.6 Å². The Kier molecular flexibility index (Phi) is 4.24. The maximum Gasteiger partial charge on any atom is 0.0400 e. The molecule has 0 amide bonds. The Morgan fingerprint density at radius 3 is 2.62 bits per heavy atom. The number of halogens is 1. The predicted molar refractivity (Wildman–Crippen MR) is 73.0 cm³/mol. The molecule has 3 heteroatoms. The van der Waals surface area contributed by atoms with Gasteiger partial charge in [0, 0.05) is 23.2 Å². The van der Waals surface area contributed by atoms with Crippen molar-refractivity contribution in [3.8, 4) is 0 Å². The highest BCUT2D eigenvalue weighted by Crippen LogP contribution is 2.27. The molecule has 0 aromatic heterocycles. The minimum absolute atomic E-state index is 0.720. The standard InChI is InChI=1S/C13H19BrN2/c14-12-4-5-13(11(10-12)6-7-15)16-8-2-1-3-9-16/h4-5,10H,1-3,6-9,15H2. The summed E-state index contributed by atoms with van der Waals surface area (Å²) < 4.78 is 1.15. The first-order chi connectivity index (χ1) is 7.81. The van der Waals surface area contributed by atoms with Gasteiger partial charge in [-0.1, -0.05) is 15.9 Å². The fourth-order valence-electron chi connectivity index (χ4n) is 2.35. The van der Waals surface area contributed by atoms with Crippen LogP contribution < -0.4 is 10.6 Å². The molecule has 1 fully saturated rings. The summed E-state index contributed by atoms with van der Waals surface area (Å²) in [6.45, 7) is 3.11. The molecule has 1 aromatic carbocycles. The van der Waals surface area contributed by atoms with Crippen LogP contribution in [0.25, 0.3) is 0 Å². The van der Waals surface area contributed by atoms with Crippen molar-refractivity contribution in [1.29, 1.82) is 0 Å². The summed E-state index contributed by atoms with van der Waals surface area (Å²) in [4.78, 5) is 2.50. The molecule has 0 spiro atoms. The molecule has 1 heterocycles. The third kappa shape index (κ3) is 2.77. The van der Waals surface area contributed by atoms with Gasteiger partial charge in [0.25, 0.3) is 0 Å². The van der Waals surface area contributed by atoms with Crippen molar-refractivity contribution in [2.24, 2.45) is 5.73 Å². The molecule has 0 aliphatic carbocycles. The van der Waals surface area contributed by atoms with E-state index in [4.69, 9.17) is 5.73 Å². The summed E-state index contributed by atoms with van der Waals surface area (Å²) in [5.41, 5.74) is 8.43. The number of nitrogens with zero attached hydrogens (tertiary/aromatic N) is 1. The average molecular weight is 283 g/mol. The van der Waals surface area contributed by atoms with E-state index in [-0.39, 0.29) is 0 Å². The number of piperidine rings is 1. The Bertz CT molecular complexity index is 346. The lowest BCUT2D eigenvalue weighted by Crippen LogP contribution is -2.30. The third-order valence-corrected chi connectivity index (χ3v) is 3.65. The highest BCUT2D eigenvalue weighted by Gasteiger charge is 2.14. The summed E-state index contributed by atoms with van der Waals surface area (Å²) in [7, 11) is 0. The first-order valence-corrected chi connectivity index (χ1v) is 6.84. The van der Waals surface area contributed by atoms with Crippen LogP contribution in [0.1, 0.15) is 24.8 Å². The van der Waals surface area contributed by atoms with E-state index in [2.05, 4.69) is 39.0 Å². The lowest BCUT2D eigenvalue weighted by molar-refractivity contribution is 0.576. The van der Waals surface area contributed by atoms with E-state index in [0.29, 0.717) is 0 Å². The van der Waals surface area contributed by atoms with E-state index < -0.39 is 0 Å². The largest absolute Gasteiger partial charge is 0.371 e. The van der Waals surface area contributed by atoms with E-state index in [1.807, 2.05) is 0 Å². The Morgan fingerprint density at radius 2 is 1.94 bits per heavy atom. The summed E-state index contributed by atoms with van der Waals surface area (Å²) >= 11 is 3.53. The molecule has 16 heavy (non-hydrogen) atoms. The second-order valence-corrected chi connectivity index (χ2v) is 5.28. The second-order valence-electron chi connectivity index (χ2n) is 4.36. The van der Waals surface area contributed by atoms with Gasteiger partial charge >= 0.3 is 0 Å². The van der Waals surface area contributed by atoms with Crippen LogP contribution in [0.3, 0.4) is 0 Å². The van der Waals surface area contributed by atoms with Gasteiger partial charge in [-0.15, -0.1) is 0 Å². The normalized spacial score (nSPS) is 16.5.